The first kappa shape index (κ1) is 27.0. The number of aromatic nitrogens is 3. The average molecular weight is 557 g/mol. The number of carbonyl (C=O) groups excluding carboxylic acids is 2. The van der Waals surface area contributed by atoms with Gasteiger partial charge >= 0.3 is 5.97 Å². The SMILES string of the molecule is C=CCn1c(COc2ccc(F)cc2)nnc1SCC(=O)Nc1scc(-c2ccc(F)cc2)c1C(=O)OC. The molecule has 0 aliphatic carbocycles. The van der Waals surface area contributed by atoms with Crippen molar-refractivity contribution in [2.24, 2.45) is 0 Å². The molecule has 0 aliphatic heterocycles. The van der Waals surface area contributed by atoms with Crippen molar-refractivity contribution in [3.05, 3.63) is 89.6 Å². The molecule has 0 saturated carbocycles. The third kappa shape index (κ3) is 6.45. The molecular formula is C26H22F2N4O4S2. The molecule has 0 unspecified atom stereocenters. The lowest BCUT2D eigenvalue weighted by Crippen LogP contribution is -2.16. The Labute approximate surface area is 225 Å². The Kier molecular flexibility index (Phi) is 8.87. The highest BCUT2D eigenvalue weighted by atomic mass is 32.2. The van der Waals surface area contributed by atoms with Crippen molar-refractivity contribution in [3.8, 4) is 16.9 Å². The summed E-state index contributed by atoms with van der Waals surface area (Å²) in [4.78, 5) is 25.3. The Hall–Kier alpha value is -4.03. The minimum Gasteiger partial charge on any atom is -0.486 e. The number of hydrogen-bond donors (Lipinski definition) is 1. The van der Waals surface area contributed by atoms with Gasteiger partial charge in [-0.15, -0.1) is 28.1 Å². The summed E-state index contributed by atoms with van der Waals surface area (Å²) in [5.74, 6) is -0.785. The number of thiophene rings is 1. The van der Waals surface area contributed by atoms with Gasteiger partial charge < -0.3 is 14.8 Å². The van der Waals surface area contributed by atoms with E-state index in [1.54, 1.807) is 28.2 Å². The van der Waals surface area contributed by atoms with Gasteiger partial charge in [-0.2, -0.15) is 0 Å². The maximum Gasteiger partial charge on any atom is 0.341 e. The first-order valence-electron chi connectivity index (χ1n) is 11.2. The van der Waals surface area contributed by atoms with Crippen LogP contribution in [0.2, 0.25) is 0 Å². The van der Waals surface area contributed by atoms with Crippen molar-refractivity contribution in [2.45, 2.75) is 18.3 Å². The summed E-state index contributed by atoms with van der Waals surface area (Å²) in [5.41, 5.74) is 1.34. The fourth-order valence-electron chi connectivity index (χ4n) is 3.41. The second-order valence-electron chi connectivity index (χ2n) is 7.73. The molecule has 0 bridgehead atoms. The molecule has 4 aromatic rings. The Bertz CT molecular complexity index is 1440. The molecule has 0 fully saturated rings. The Morgan fingerprint density at radius 3 is 2.45 bits per heavy atom. The summed E-state index contributed by atoms with van der Waals surface area (Å²) >= 11 is 2.32. The van der Waals surface area contributed by atoms with Crippen molar-refractivity contribution >= 4 is 40.0 Å². The third-order valence-corrected chi connectivity index (χ3v) is 7.07. The number of halogens is 2. The van der Waals surface area contributed by atoms with Gasteiger partial charge in [-0.25, -0.2) is 13.6 Å². The average Bonchev–Trinajstić information content (AvgIpc) is 3.51. The van der Waals surface area contributed by atoms with Crippen LogP contribution in [0, 0.1) is 11.6 Å². The van der Waals surface area contributed by atoms with Crippen molar-refractivity contribution in [2.75, 3.05) is 18.2 Å². The van der Waals surface area contributed by atoms with E-state index >= 15 is 0 Å². The Balaban J connectivity index is 1.44. The highest BCUT2D eigenvalue weighted by molar-refractivity contribution is 7.99. The first-order valence-corrected chi connectivity index (χ1v) is 13.1. The van der Waals surface area contributed by atoms with Crippen LogP contribution in [0.1, 0.15) is 16.2 Å². The molecule has 4 rings (SSSR count). The molecule has 0 aliphatic rings. The number of rotatable bonds is 11. The van der Waals surface area contributed by atoms with Crippen molar-refractivity contribution in [1.29, 1.82) is 0 Å². The van der Waals surface area contributed by atoms with E-state index in [0.717, 1.165) is 11.8 Å². The standard InChI is InChI=1S/C26H22F2N4O4S2/c1-3-12-32-21(13-36-19-10-8-18(28)9-11-19)30-31-26(32)38-15-22(33)29-24-23(25(34)35-2)20(14-37-24)16-4-6-17(27)7-5-16/h3-11,14H,1,12-13,15H2,2H3,(H,29,33). The van der Waals surface area contributed by atoms with Gasteiger partial charge in [0.1, 0.15) is 34.6 Å². The van der Waals surface area contributed by atoms with Crippen molar-refractivity contribution in [3.63, 3.8) is 0 Å². The second-order valence-corrected chi connectivity index (χ2v) is 9.55. The zero-order valence-electron chi connectivity index (χ0n) is 20.1. The summed E-state index contributed by atoms with van der Waals surface area (Å²) in [5, 5.41) is 13.6. The number of esters is 1. The number of methoxy groups -OCH3 is 1. The topological polar surface area (TPSA) is 95.3 Å². The van der Waals surface area contributed by atoms with Gasteiger partial charge in [-0.1, -0.05) is 30.0 Å². The van der Waals surface area contributed by atoms with Crippen LogP contribution < -0.4 is 10.1 Å². The van der Waals surface area contributed by atoms with E-state index in [9.17, 15) is 18.4 Å². The number of nitrogens with one attached hydrogen (secondary N) is 1. The molecule has 1 amide bonds. The van der Waals surface area contributed by atoms with Crippen LogP contribution in [0.15, 0.2) is 71.7 Å². The molecule has 0 radical (unpaired) electrons. The molecule has 0 atom stereocenters. The summed E-state index contributed by atoms with van der Waals surface area (Å²) in [6.45, 7) is 4.23. The molecule has 12 heteroatoms. The minimum atomic E-state index is -0.620. The lowest BCUT2D eigenvalue weighted by Gasteiger charge is -2.10. The van der Waals surface area contributed by atoms with Gasteiger partial charge in [0.2, 0.25) is 5.91 Å². The number of allylic oxidation sites excluding steroid dienone is 1. The van der Waals surface area contributed by atoms with E-state index < -0.39 is 11.8 Å². The molecule has 38 heavy (non-hydrogen) atoms. The fraction of sp³-hybridized carbons (Fsp3) is 0.154. The molecular weight excluding hydrogens is 534 g/mol. The maximum absolute atomic E-state index is 13.4. The van der Waals surface area contributed by atoms with Crippen LogP contribution >= 0.6 is 23.1 Å². The Morgan fingerprint density at radius 2 is 1.79 bits per heavy atom. The lowest BCUT2D eigenvalue weighted by molar-refractivity contribution is -0.113. The molecule has 8 nitrogen and oxygen atoms in total. The fourth-order valence-corrected chi connectivity index (χ4v) is 5.15. The van der Waals surface area contributed by atoms with Gasteiger partial charge in [0.15, 0.2) is 11.0 Å². The van der Waals surface area contributed by atoms with Gasteiger partial charge in [0.05, 0.1) is 12.9 Å². The van der Waals surface area contributed by atoms with E-state index in [1.165, 1.54) is 54.8 Å². The monoisotopic (exact) mass is 556 g/mol. The van der Waals surface area contributed by atoms with Crippen molar-refractivity contribution in [1.82, 2.24) is 14.8 Å². The molecule has 0 spiro atoms. The summed E-state index contributed by atoms with van der Waals surface area (Å²) in [6.07, 6.45) is 1.67. The van der Waals surface area contributed by atoms with Crippen LogP contribution in [0.5, 0.6) is 5.75 Å². The number of ether oxygens (including phenoxy) is 2. The quantitative estimate of drug-likeness (QED) is 0.147. The largest absolute Gasteiger partial charge is 0.486 e. The number of carbonyl (C=O) groups is 2. The van der Waals surface area contributed by atoms with Crippen LogP contribution in [-0.2, 0) is 22.7 Å². The lowest BCUT2D eigenvalue weighted by atomic mass is 10.0. The number of nitrogens with zero attached hydrogens (tertiary/aromatic N) is 3. The molecule has 1 N–H and O–H groups in total. The van der Waals surface area contributed by atoms with Crippen LogP contribution in [0.3, 0.4) is 0 Å². The van der Waals surface area contributed by atoms with E-state index in [0.29, 0.717) is 39.4 Å². The highest BCUT2D eigenvalue weighted by Gasteiger charge is 2.23. The predicted octanol–water partition coefficient (Wildman–Crippen LogP) is 5.57. The third-order valence-electron chi connectivity index (χ3n) is 5.21. The molecule has 2 aromatic carbocycles. The predicted molar refractivity (Wildman–Crippen MR) is 141 cm³/mol. The van der Waals surface area contributed by atoms with E-state index in [2.05, 4.69) is 22.1 Å². The summed E-state index contributed by atoms with van der Waals surface area (Å²) in [7, 11) is 1.25. The molecule has 196 valence electrons. The highest BCUT2D eigenvalue weighted by Crippen LogP contribution is 2.36. The van der Waals surface area contributed by atoms with Crippen LogP contribution in [0.4, 0.5) is 13.8 Å². The number of anilines is 1. The van der Waals surface area contributed by atoms with E-state index in [-0.39, 0.29) is 29.6 Å². The normalized spacial score (nSPS) is 10.7. The smallest absolute Gasteiger partial charge is 0.341 e. The Morgan fingerprint density at radius 1 is 1.11 bits per heavy atom. The van der Waals surface area contributed by atoms with Gasteiger partial charge in [0.25, 0.3) is 0 Å². The zero-order valence-corrected chi connectivity index (χ0v) is 21.8. The summed E-state index contributed by atoms with van der Waals surface area (Å²) < 4.78 is 38.8. The molecule has 0 saturated heterocycles. The molecule has 2 aromatic heterocycles. The van der Waals surface area contributed by atoms with Crippen LogP contribution in [0.25, 0.3) is 11.1 Å². The number of hydrogen-bond acceptors (Lipinski definition) is 8. The van der Waals surface area contributed by atoms with Gasteiger partial charge in [0, 0.05) is 17.5 Å². The van der Waals surface area contributed by atoms with Gasteiger partial charge in [-0.3, -0.25) is 9.36 Å². The molecule has 2 heterocycles. The van der Waals surface area contributed by atoms with E-state index in [4.69, 9.17) is 9.47 Å². The maximum atomic E-state index is 13.4. The van der Waals surface area contributed by atoms with Crippen LogP contribution in [-0.4, -0.2) is 39.5 Å². The number of benzene rings is 2. The number of thioether (sulfide) groups is 1. The van der Waals surface area contributed by atoms with Crippen molar-refractivity contribution < 1.29 is 27.8 Å². The summed E-state index contributed by atoms with van der Waals surface area (Å²) in [6, 6.07) is 11.3. The second kappa shape index (κ2) is 12.5. The minimum absolute atomic E-state index is 0.0154. The number of amides is 1. The first-order chi connectivity index (χ1) is 18.4. The zero-order chi connectivity index (χ0) is 27.1. The van der Waals surface area contributed by atoms with Gasteiger partial charge in [-0.05, 0) is 42.0 Å². The van der Waals surface area contributed by atoms with E-state index in [1.807, 2.05) is 0 Å².